The Morgan fingerprint density at radius 2 is 1.92 bits per heavy atom. The highest BCUT2D eigenvalue weighted by molar-refractivity contribution is 7.89. The number of carbonyl (C=O) groups excluding carboxylic acids is 1. The first-order valence-electron chi connectivity index (χ1n) is 11.6. The fourth-order valence-electron chi connectivity index (χ4n) is 4.54. The standard InChI is InChI=1S/C26H26ClN3O4S2/c1-3-30(4-2)36(33,34)19-10-11-23(27)21(14-19)25(32)29-26-22(15-28)20-13-17(7-12-24(20)35-26)16-5-8-18(31)9-6-16/h5-6,8-11,14,17,31H,3-4,7,12-13H2,1-2H3,(H,29,32). The van der Waals surface area contributed by atoms with Crippen LogP contribution in [0.5, 0.6) is 5.75 Å². The molecule has 0 fully saturated rings. The SMILES string of the molecule is CCN(CC)S(=O)(=O)c1ccc(Cl)c(C(=O)Nc2sc3c(c2C#N)CC(c2ccc(O)cc2)CC3)c1. The maximum absolute atomic E-state index is 13.2. The molecule has 0 bridgehead atoms. The van der Waals surface area contributed by atoms with Gasteiger partial charge in [0.2, 0.25) is 10.0 Å². The number of amides is 1. The number of phenolic OH excluding ortho intramolecular Hbond substituents is 1. The van der Waals surface area contributed by atoms with E-state index in [0.29, 0.717) is 30.1 Å². The number of carbonyl (C=O) groups is 1. The van der Waals surface area contributed by atoms with Crippen LogP contribution < -0.4 is 5.32 Å². The normalized spacial score (nSPS) is 15.4. The highest BCUT2D eigenvalue weighted by Crippen LogP contribution is 2.42. The van der Waals surface area contributed by atoms with Crippen molar-refractivity contribution in [2.75, 3.05) is 18.4 Å². The van der Waals surface area contributed by atoms with E-state index < -0.39 is 15.9 Å². The molecule has 7 nitrogen and oxygen atoms in total. The van der Waals surface area contributed by atoms with Gasteiger partial charge < -0.3 is 10.4 Å². The molecule has 36 heavy (non-hydrogen) atoms. The highest BCUT2D eigenvalue weighted by atomic mass is 35.5. The summed E-state index contributed by atoms with van der Waals surface area (Å²) in [7, 11) is -3.77. The van der Waals surface area contributed by atoms with Gasteiger partial charge in [-0.3, -0.25) is 4.79 Å². The van der Waals surface area contributed by atoms with Crippen LogP contribution in [0.25, 0.3) is 0 Å². The molecule has 0 aliphatic heterocycles. The van der Waals surface area contributed by atoms with Crippen molar-refractivity contribution in [2.45, 2.75) is 43.9 Å². The van der Waals surface area contributed by atoms with Gasteiger partial charge in [-0.2, -0.15) is 9.57 Å². The van der Waals surface area contributed by atoms with Crippen molar-refractivity contribution in [1.82, 2.24) is 4.31 Å². The summed E-state index contributed by atoms with van der Waals surface area (Å²) in [5, 5.41) is 22.9. The Morgan fingerprint density at radius 1 is 1.22 bits per heavy atom. The van der Waals surface area contributed by atoms with Crippen LogP contribution in [0.1, 0.15) is 58.1 Å². The molecule has 1 amide bonds. The van der Waals surface area contributed by atoms with Crippen LogP contribution >= 0.6 is 22.9 Å². The van der Waals surface area contributed by atoms with Crippen molar-refractivity contribution in [3.8, 4) is 11.8 Å². The lowest BCUT2D eigenvalue weighted by Crippen LogP contribution is -2.30. The molecule has 1 heterocycles. The lowest BCUT2D eigenvalue weighted by atomic mass is 9.82. The molecule has 10 heteroatoms. The van der Waals surface area contributed by atoms with E-state index in [1.807, 2.05) is 12.1 Å². The first-order chi connectivity index (χ1) is 17.2. The third kappa shape index (κ3) is 5.00. The Labute approximate surface area is 220 Å². The third-order valence-electron chi connectivity index (χ3n) is 6.49. The molecular weight excluding hydrogens is 518 g/mol. The molecule has 4 rings (SSSR count). The molecule has 0 saturated carbocycles. The second-order valence-corrected chi connectivity index (χ2v) is 12.0. The zero-order valence-corrected chi connectivity index (χ0v) is 22.3. The van der Waals surface area contributed by atoms with Crippen molar-refractivity contribution in [3.05, 3.63) is 74.6 Å². The van der Waals surface area contributed by atoms with E-state index in [0.717, 1.165) is 28.8 Å². The van der Waals surface area contributed by atoms with E-state index in [4.69, 9.17) is 11.6 Å². The van der Waals surface area contributed by atoms with Crippen molar-refractivity contribution in [2.24, 2.45) is 0 Å². The average Bonchev–Trinajstić information content (AvgIpc) is 3.21. The number of nitrogens with one attached hydrogen (secondary N) is 1. The number of sulfonamides is 1. The van der Waals surface area contributed by atoms with Gasteiger partial charge in [-0.15, -0.1) is 11.3 Å². The summed E-state index contributed by atoms with van der Waals surface area (Å²) >= 11 is 7.65. The molecule has 2 N–H and O–H groups in total. The number of rotatable bonds is 7. The third-order valence-corrected chi connectivity index (χ3v) is 10.1. The maximum atomic E-state index is 13.2. The number of anilines is 1. The molecule has 3 aromatic rings. The Morgan fingerprint density at radius 3 is 2.56 bits per heavy atom. The Balaban J connectivity index is 1.62. The molecule has 0 spiro atoms. The van der Waals surface area contributed by atoms with E-state index in [2.05, 4.69) is 11.4 Å². The van der Waals surface area contributed by atoms with Gasteiger partial charge in [0.1, 0.15) is 16.8 Å². The summed E-state index contributed by atoms with van der Waals surface area (Å²) in [6.45, 7) is 4.11. The molecule has 0 saturated heterocycles. The van der Waals surface area contributed by atoms with Gasteiger partial charge >= 0.3 is 0 Å². The number of nitriles is 1. The topological polar surface area (TPSA) is 111 Å². The minimum Gasteiger partial charge on any atom is -0.508 e. The molecule has 1 aromatic heterocycles. The van der Waals surface area contributed by atoms with Gasteiger partial charge in [0, 0.05) is 18.0 Å². The van der Waals surface area contributed by atoms with Crippen LogP contribution in [0.2, 0.25) is 5.02 Å². The van der Waals surface area contributed by atoms with E-state index >= 15 is 0 Å². The zero-order chi connectivity index (χ0) is 26.0. The number of thiophene rings is 1. The van der Waals surface area contributed by atoms with E-state index in [1.165, 1.54) is 33.8 Å². The Bertz CT molecular complexity index is 1440. The molecule has 188 valence electrons. The van der Waals surface area contributed by atoms with Crippen LogP contribution in [-0.4, -0.2) is 36.8 Å². The van der Waals surface area contributed by atoms with E-state index in [1.54, 1.807) is 26.0 Å². The number of phenols is 1. The van der Waals surface area contributed by atoms with Gasteiger partial charge in [0.25, 0.3) is 5.91 Å². The van der Waals surface area contributed by atoms with Crippen LogP contribution in [0.4, 0.5) is 5.00 Å². The first kappa shape index (κ1) is 26.2. The van der Waals surface area contributed by atoms with Crippen LogP contribution in [0.15, 0.2) is 47.4 Å². The smallest absolute Gasteiger partial charge is 0.257 e. The average molecular weight is 544 g/mol. The number of aromatic hydroxyl groups is 1. The molecule has 1 atom stereocenters. The van der Waals surface area contributed by atoms with Gasteiger partial charge in [0.15, 0.2) is 0 Å². The summed E-state index contributed by atoms with van der Waals surface area (Å²) in [6, 6.07) is 13.4. The molecule has 0 radical (unpaired) electrons. The Kier molecular flexibility index (Phi) is 7.71. The van der Waals surface area contributed by atoms with Crippen LogP contribution in [0.3, 0.4) is 0 Å². The summed E-state index contributed by atoms with van der Waals surface area (Å²) in [4.78, 5) is 14.2. The second-order valence-electron chi connectivity index (χ2n) is 8.54. The number of benzene rings is 2. The molecular formula is C26H26ClN3O4S2. The highest BCUT2D eigenvalue weighted by Gasteiger charge is 2.29. The first-order valence-corrected chi connectivity index (χ1v) is 14.3. The molecule has 1 unspecified atom stereocenters. The van der Waals surface area contributed by atoms with Crippen molar-refractivity contribution in [1.29, 1.82) is 5.26 Å². The van der Waals surface area contributed by atoms with E-state index in [-0.39, 0.29) is 27.1 Å². The van der Waals surface area contributed by atoms with Gasteiger partial charge in [-0.05, 0) is 66.6 Å². The predicted molar refractivity (Wildman–Crippen MR) is 141 cm³/mol. The largest absolute Gasteiger partial charge is 0.508 e. The van der Waals surface area contributed by atoms with Gasteiger partial charge in [-0.25, -0.2) is 8.42 Å². The number of nitrogens with zero attached hydrogens (tertiary/aromatic N) is 2. The van der Waals surface area contributed by atoms with Crippen LogP contribution in [-0.2, 0) is 22.9 Å². The molecule has 2 aromatic carbocycles. The van der Waals surface area contributed by atoms with Crippen molar-refractivity contribution < 1.29 is 18.3 Å². The zero-order valence-electron chi connectivity index (χ0n) is 19.9. The molecule has 1 aliphatic rings. The number of aryl methyl sites for hydroxylation is 1. The fraction of sp³-hybridized carbons (Fsp3) is 0.308. The second kappa shape index (κ2) is 10.6. The van der Waals surface area contributed by atoms with E-state index in [9.17, 15) is 23.6 Å². The van der Waals surface area contributed by atoms with Crippen molar-refractivity contribution in [3.63, 3.8) is 0 Å². The fourth-order valence-corrected chi connectivity index (χ4v) is 7.42. The number of hydrogen-bond donors (Lipinski definition) is 2. The lowest BCUT2D eigenvalue weighted by molar-refractivity contribution is 0.102. The summed E-state index contributed by atoms with van der Waals surface area (Å²) < 4.78 is 27.2. The summed E-state index contributed by atoms with van der Waals surface area (Å²) in [5.74, 6) is -0.150. The van der Waals surface area contributed by atoms with Gasteiger partial charge in [0.05, 0.1) is 21.0 Å². The summed E-state index contributed by atoms with van der Waals surface area (Å²) in [5.41, 5.74) is 2.47. The minimum atomic E-state index is -3.77. The van der Waals surface area contributed by atoms with Gasteiger partial charge in [-0.1, -0.05) is 37.6 Å². The quantitative estimate of drug-likeness (QED) is 0.407. The number of halogens is 1. The monoisotopic (exact) mass is 543 g/mol. The predicted octanol–water partition coefficient (Wildman–Crippen LogP) is 5.53. The maximum Gasteiger partial charge on any atom is 0.257 e. The summed E-state index contributed by atoms with van der Waals surface area (Å²) in [6.07, 6.45) is 2.33. The number of fused-ring (bicyclic) bond motifs is 1. The Hall–Kier alpha value is -2.90. The minimum absolute atomic E-state index is 0.0107. The van der Waals surface area contributed by atoms with Crippen LogP contribution in [0, 0.1) is 11.3 Å². The molecule has 1 aliphatic carbocycles. The van der Waals surface area contributed by atoms with Crippen molar-refractivity contribution >= 4 is 43.9 Å². The lowest BCUT2D eigenvalue weighted by Gasteiger charge is -2.22. The number of hydrogen-bond acceptors (Lipinski definition) is 6.